The van der Waals surface area contributed by atoms with Gasteiger partial charge >= 0.3 is 0 Å². The predicted molar refractivity (Wildman–Crippen MR) is 127 cm³/mol. The van der Waals surface area contributed by atoms with E-state index in [-0.39, 0.29) is 18.3 Å². The van der Waals surface area contributed by atoms with Crippen molar-refractivity contribution in [2.45, 2.75) is 0 Å². The van der Waals surface area contributed by atoms with Crippen LogP contribution in [-0.2, 0) is 0 Å². The second-order valence-corrected chi connectivity index (χ2v) is 8.50. The van der Waals surface area contributed by atoms with Crippen LogP contribution >= 0.6 is 11.3 Å². The highest BCUT2D eigenvalue weighted by atomic mass is 35.5. The van der Waals surface area contributed by atoms with Gasteiger partial charge in [-0.3, -0.25) is 9.69 Å². The molecule has 0 radical (unpaired) electrons. The summed E-state index contributed by atoms with van der Waals surface area (Å²) in [5, 5.41) is 2.81. The monoisotopic (exact) mass is 470 g/mol. The van der Waals surface area contributed by atoms with E-state index >= 15 is 0 Å². The molecular weight excluding hydrogens is 446 g/mol. The highest BCUT2D eigenvalue weighted by Crippen LogP contribution is 2.37. The Bertz CT molecular complexity index is 1200. The van der Waals surface area contributed by atoms with Crippen LogP contribution < -0.4 is 26.8 Å². The van der Waals surface area contributed by atoms with Gasteiger partial charge in [-0.15, -0.1) is 0 Å². The number of carbonyl (C=O) groups is 1. The summed E-state index contributed by atoms with van der Waals surface area (Å²) in [5.41, 5.74) is 1.42. The van der Waals surface area contributed by atoms with E-state index < -0.39 is 0 Å². The van der Waals surface area contributed by atoms with Gasteiger partial charge in [0.05, 0.1) is 24.4 Å². The van der Waals surface area contributed by atoms with Crippen LogP contribution in [0.2, 0.25) is 0 Å². The van der Waals surface area contributed by atoms with Gasteiger partial charge < -0.3 is 26.8 Å². The first-order valence-corrected chi connectivity index (χ1v) is 10.8. The van der Waals surface area contributed by atoms with E-state index in [1.807, 2.05) is 68.7 Å². The van der Waals surface area contributed by atoms with Crippen LogP contribution in [0.15, 0.2) is 54.6 Å². The molecule has 1 amide bonds. The van der Waals surface area contributed by atoms with Crippen molar-refractivity contribution in [2.24, 2.45) is 0 Å². The standard InChI is InChI=1S/C24H25N3O3S.ClH/c1-26(2)11-12-27(23(28)18-10-9-16-7-5-6-8-17(16)13-18)24-25-19-14-20(29-3)21(30-4)15-22(19)31-24;/h5-10,13-15H,11-12H2,1-4H3;1H/p-1. The number of thiazole rings is 1. The zero-order valence-electron chi connectivity index (χ0n) is 18.5. The van der Waals surface area contributed by atoms with Crippen LogP contribution in [0.3, 0.4) is 0 Å². The van der Waals surface area contributed by atoms with Gasteiger partial charge in [-0.2, -0.15) is 0 Å². The lowest BCUT2D eigenvalue weighted by Crippen LogP contribution is -3.00. The smallest absolute Gasteiger partial charge is 0.260 e. The lowest BCUT2D eigenvalue weighted by atomic mass is 10.1. The summed E-state index contributed by atoms with van der Waals surface area (Å²) in [5.74, 6) is 1.20. The first-order valence-electron chi connectivity index (χ1n) is 9.98. The molecule has 0 aliphatic heterocycles. The molecule has 0 saturated heterocycles. The number of carbonyl (C=O) groups excluding carboxylic acids is 1. The summed E-state index contributed by atoms with van der Waals surface area (Å²) >= 11 is 1.47. The first-order chi connectivity index (χ1) is 15.0. The Morgan fingerprint density at radius 1 is 0.938 bits per heavy atom. The molecule has 0 aliphatic carbocycles. The van der Waals surface area contributed by atoms with Crippen molar-refractivity contribution in [3.8, 4) is 11.5 Å². The van der Waals surface area contributed by atoms with Gasteiger partial charge in [0.15, 0.2) is 16.6 Å². The normalized spacial score (nSPS) is 10.9. The predicted octanol–water partition coefficient (Wildman–Crippen LogP) is 1.68. The highest BCUT2D eigenvalue weighted by Gasteiger charge is 2.22. The molecule has 1 heterocycles. The van der Waals surface area contributed by atoms with Crippen molar-refractivity contribution in [2.75, 3.05) is 46.3 Å². The van der Waals surface area contributed by atoms with Gasteiger partial charge in [0.25, 0.3) is 5.91 Å². The molecule has 0 unspecified atom stereocenters. The maximum atomic E-state index is 13.5. The summed E-state index contributed by atoms with van der Waals surface area (Å²) in [7, 11) is 7.20. The molecule has 168 valence electrons. The maximum Gasteiger partial charge on any atom is 0.260 e. The number of hydrogen-bond acceptors (Lipinski definition) is 6. The number of likely N-dealkylation sites (N-methyl/N-ethyl adjacent to an activating group) is 1. The average Bonchev–Trinajstić information content (AvgIpc) is 3.19. The third-order valence-electron chi connectivity index (χ3n) is 5.13. The summed E-state index contributed by atoms with van der Waals surface area (Å²) in [6, 6.07) is 17.6. The topological polar surface area (TPSA) is 54.9 Å². The minimum Gasteiger partial charge on any atom is -1.00 e. The molecule has 0 spiro atoms. The van der Waals surface area contributed by atoms with Crippen molar-refractivity contribution >= 4 is 43.4 Å². The van der Waals surface area contributed by atoms with E-state index in [9.17, 15) is 4.79 Å². The van der Waals surface area contributed by atoms with Crippen molar-refractivity contribution < 1.29 is 26.7 Å². The van der Waals surface area contributed by atoms with Crippen LogP contribution in [0, 0.1) is 0 Å². The number of ether oxygens (including phenoxy) is 2. The zero-order chi connectivity index (χ0) is 22.0. The minimum atomic E-state index is -0.0643. The van der Waals surface area contributed by atoms with Gasteiger partial charge in [0.1, 0.15) is 0 Å². The Morgan fingerprint density at radius 3 is 2.31 bits per heavy atom. The number of aromatic nitrogens is 1. The Hall–Kier alpha value is -2.87. The molecule has 0 N–H and O–H groups in total. The fraction of sp³-hybridized carbons (Fsp3) is 0.250. The molecular formula is C24H25ClN3O3S-. The van der Waals surface area contributed by atoms with E-state index in [1.54, 1.807) is 19.1 Å². The van der Waals surface area contributed by atoms with E-state index in [0.29, 0.717) is 28.7 Å². The zero-order valence-corrected chi connectivity index (χ0v) is 20.0. The molecule has 3 aromatic carbocycles. The lowest BCUT2D eigenvalue weighted by molar-refractivity contribution is -0.0000144. The van der Waals surface area contributed by atoms with Gasteiger partial charge in [-0.05, 0) is 37.0 Å². The number of amides is 1. The molecule has 0 saturated carbocycles. The second kappa shape index (κ2) is 10.2. The summed E-state index contributed by atoms with van der Waals surface area (Å²) in [4.78, 5) is 22.1. The van der Waals surface area contributed by atoms with Crippen molar-refractivity contribution in [3.63, 3.8) is 0 Å². The second-order valence-electron chi connectivity index (χ2n) is 7.49. The largest absolute Gasteiger partial charge is 1.00 e. The number of rotatable bonds is 7. The van der Waals surface area contributed by atoms with Gasteiger partial charge in [-0.25, -0.2) is 4.98 Å². The fourth-order valence-corrected chi connectivity index (χ4v) is 4.42. The first kappa shape index (κ1) is 23.8. The van der Waals surface area contributed by atoms with Gasteiger partial charge in [0, 0.05) is 30.8 Å². The van der Waals surface area contributed by atoms with Crippen molar-refractivity contribution in [1.82, 2.24) is 9.88 Å². The van der Waals surface area contributed by atoms with E-state index in [0.717, 1.165) is 27.5 Å². The molecule has 4 aromatic rings. The molecule has 8 heteroatoms. The molecule has 1 aromatic heterocycles. The summed E-state index contributed by atoms with van der Waals surface area (Å²) in [6.45, 7) is 1.26. The Kier molecular flexibility index (Phi) is 7.56. The molecule has 0 fully saturated rings. The van der Waals surface area contributed by atoms with Crippen LogP contribution in [0.25, 0.3) is 21.0 Å². The number of hydrogen-bond donors (Lipinski definition) is 0. The maximum absolute atomic E-state index is 13.5. The number of nitrogens with zero attached hydrogens (tertiary/aromatic N) is 3. The van der Waals surface area contributed by atoms with Crippen LogP contribution in [0.5, 0.6) is 11.5 Å². The molecule has 0 atom stereocenters. The number of benzene rings is 3. The molecule has 6 nitrogen and oxygen atoms in total. The van der Waals surface area contributed by atoms with Gasteiger partial charge in [-0.1, -0.05) is 41.7 Å². The van der Waals surface area contributed by atoms with Crippen LogP contribution in [-0.4, -0.2) is 57.2 Å². The number of fused-ring (bicyclic) bond motifs is 2. The Labute approximate surface area is 197 Å². The molecule has 4 rings (SSSR count). The van der Waals surface area contributed by atoms with E-state index in [4.69, 9.17) is 14.5 Å². The third-order valence-corrected chi connectivity index (χ3v) is 6.17. The molecule has 32 heavy (non-hydrogen) atoms. The number of methoxy groups -OCH3 is 2. The van der Waals surface area contributed by atoms with E-state index in [2.05, 4.69) is 4.90 Å². The molecule has 0 bridgehead atoms. The minimum absolute atomic E-state index is 0. The van der Waals surface area contributed by atoms with Crippen LogP contribution in [0.4, 0.5) is 5.13 Å². The fourth-order valence-electron chi connectivity index (χ4n) is 3.42. The Balaban J connectivity index is 0.00000289. The van der Waals surface area contributed by atoms with Crippen molar-refractivity contribution in [1.29, 1.82) is 0 Å². The quantitative estimate of drug-likeness (QED) is 0.411. The van der Waals surface area contributed by atoms with Crippen LogP contribution in [0.1, 0.15) is 10.4 Å². The molecule has 0 aliphatic rings. The summed E-state index contributed by atoms with van der Waals surface area (Å²) in [6.07, 6.45) is 0. The lowest BCUT2D eigenvalue weighted by Gasteiger charge is -2.22. The Morgan fingerprint density at radius 2 is 1.62 bits per heavy atom. The SMILES string of the molecule is COc1cc2nc(N(CCN(C)C)C(=O)c3ccc4ccccc4c3)sc2cc1OC.[Cl-]. The number of anilines is 1. The third kappa shape index (κ3) is 4.80. The van der Waals surface area contributed by atoms with Gasteiger partial charge in [0.2, 0.25) is 0 Å². The number of halogens is 1. The average molecular weight is 471 g/mol. The van der Waals surface area contributed by atoms with Crippen molar-refractivity contribution in [3.05, 3.63) is 60.2 Å². The van der Waals surface area contributed by atoms with E-state index in [1.165, 1.54) is 11.3 Å². The highest BCUT2D eigenvalue weighted by molar-refractivity contribution is 7.22. The summed E-state index contributed by atoms with van der Waals surface area (Å²) < 4.78 is 11.8.